The van der Waals surface area contributed by atoms with Gasteiger partial charge in [-0.1, -0.05) is 20.8 Å². The largest absolute Gasteiger partial charge is 0.739 e. The Bertz CT molecular complexity index is 682. The molecule has 0 saturated carbocycles. The Morgan fingerprint density at radius 1 is 1.33 bits per heavy atom. The zero-order valence-corrected chi connectivity index (χ0v) is 16.1. The molecular weight excluding hydrogens is 320 g/mol. The van der Waals surface area contributed by atoms with Crippen LogP contribution in [0.1, 0.15) is 31.9 Å². The fourth-order valence-corrected chi connectivity index (χ4v) is 4.05. The Kier molecular flexibility index (Phi) is 4.14. The molecule has 6 nitrogen and oxygen atoms in total. The summed E-state index contributed by atoms with van der Waals surface area (Å²) in [4.78, 5) is 4.23. The number of nitrogens with one attached hydrogen (secondary N) is 1. The van der Waals surface area contributed by atoms with Crippen LogP contribution in [-0.4, -0.2) is 20.9 Å². The lowest BCUT2D eigenvalue weighted by molar-refractivity contribution is 0.232. The molecule has 132 valence electrons. The molecule has 1 aromatic carbocycles. The summed E-state index contributed by atoms with van der Waals surface area (Å²) in [5.41, 5.74) is 11.8. The van der Waals surface area contributed by atoms with Gasteiger partial charge in [-0.2, -0.15) is 0 Å². The highest BCUT2D eigenvalue weighted by atomic mass is 28.4. The molecule has 1 unspecified atom stereocenters. The van der Waals surface area contributed by atoms with E-state index in [2.05, 4.69) is 44.3 Å². The number of hydrogen-bond acceptors (Lipinski definition) is 6. The van der Waals surface area contributed by atoms with E-state index in [-0.39, 0.29) is 11.0 Å². The molecule has 2 aliphatic rings. The third kappa shape index (κ3) is 3.16. The van der Waals surface area contributed by atoms with Crippen molar-refractivity contribution in [3.05, 3.63) is 28.5 Å². The van der Waals surface area contributed by atoms with Crippen LogP contribution in [0.2, 0.25) is 18.1 Å². The highest BCUT2D eigenvalue weighted by Gasteiger charge is 2.38. The highest BCUT2D eigenvalue weighted by molar-refractivity contribution is 6.74. The second kappa shape index (κ2) is 5.75. The van der Waals surface area contributed by atoms with Crippen LogP contribution in [0.25, 0.3) is 0 Å². The molecule has 1 aliphatic heterocycles. The predicted molar refractivity (Wildman–Crippen MR) is 101 cm³/mol. The van der Waals surface area contributed by atoms with E-state index in [0.29, 0.717) is 22.5 Å². The Balaban J connectivity index is 1.72. The molecular formula is C17H27N4O2Si-. The first kappa shape index (κ1) is 17.3. The molecule has 0 bridgehead atoms. The lowest BCUT2D eigenvalue weighted by Crippen LogP contribution is -2.44. The summed E-state index contributed by atoms with van der Waals surface area (Å²) >= 11 is 0. The van der Waals surface area contributed by atoms with Crippen LogP contribution in [0.15, 0.2) is 17.1 Å². The standard InChI is InChI=1S/C17H27N4O2Si/c1-17(2,3)24(4,5)23-10-11-6-12-8-14-15(9-13(12)7-11)21(22)20-16(18)19-14/h8-9,11H,6-7,10H2,1-5H3,(H3,18,19,20)/q-1. The van der Waals surface area contributed by atoms with Gasteiger partial charge in [0, 0.05) is 6.61 Å². The maximum absolute atomic E-state index is 12.0. The monoisotopic (exact) mass is 347 g/mol. The maximum atomic E-state index is 12.0. The van der Waals surface area contributed by atoms with Crippen molar-refractivity contribution in [1.82, 2.24) is 5.43 Å². The topological polar surface area (TPSA) is 85.9 Å². The minimum Gasteiger partial charge on any atom is -0.739 e. The Labute approximate surface area is 144 Å². The molecule has 0 saturated heterocycles. The van der Waals surface area contributed by atoms with Crippen molar-refractivity contribution in [3.8, 4) is 0 Å². The van der Waals surface area contributed by atoms with E-state index in [9.17, 15) is 5.21 Å². The van der Waals surface area contributed by atoms with Crippen molar-refractivity contribution in [2.24, 2.45) is 16.6 Å². The molecule has 0 spiro atoms. The number of guanidine groups is 1. The third-order valence-corrected chi connectivity index (χ3v) is 9.98. The summed E-state index contributed by atoms with van der Waals surface area (Å²) in [6.07, 6.45) is 1.92. The van der Waals surface area contributed by atoms with Crippen LogP contribution < -0.4 is 16.3 Å². The lowest BCUT2D eigenvalue weighted by Gasteiger charge is -2.37. The average molecular weight is 348 g/mol. The minimum absolute atomic E-state index is 0.133. The van der Waals surface area contributed by atoms with Crippen LogP contribution in [0.5, 0.6) is 0 Å². The van der Waals surface area contributed by atoms with Crippen molar-refractivity contribution in [2.75, 3.05) is 11.8 Å². The van der Waals surface area contributed by atoms with Gasteiger partial charge in [-0.05, 0) is 60.2 Å². The molecule has 24 heavy (non-hydrogen) atoms. The van der Waals surface area contributed by atoms with E-state index >= 15 is 0 Å². The zero-order chi connectivity index (χ0) is 17.7. The molecule has 0 radical (unpaired) electrons. The summed E-state index contributed by atoms with van der Waals surface area (Å²) in [5, 5.41) is 12.9. The van der Waals surface area contributed by atoms with Crippen molar-refractivity contribution in [3.63, 3.8) is 0 Å². The second-order valence-electron chi connectivity index (χ2n) is 8.36. The van der Waals surface area contributed by atoms with Crippen molar-refractivity contribution in [1.29, 1.82) is 0 Å². The molecule has 0 fully saturated rings. The Morgan fingerprint density at radius 2 is 1.96 bits per heavy atom. The summed E-state index contributed by atoms with van der Waals surface area (Å²) < 4.78 is 6.38. The van der Waals surface area contributed by atoms with Crippen LogP contribution in [0, 0.1) is 11.1 Å². The molecule has 3 rings (SSSR count). The van der Waals surface area contributed by atoms with Crippen LogP contribution in [-0.2, 0) is 17.3 Å². The highest BCUT2D eigenvalue weighted by Crippen LogP contribution is 2.40. The van der Waals surface area contributed by atoms with Gasteiger partial charge in [0.05, 0.1) is 11.4 Å². The van der Waals surface area contributed by atoms with E-state index in [4.69, 9.17) is 10.2 Å². The number of hydrazine groups is 1. The number of hydrogen-bond donors (Lipinski definition) is 2. The predicted octanol–water partition coefficient (Wildman–Crippen LogP) is 3.19. The smallest absolute Gasteiger partial charge is 0.212 e. The van der Waals surface area contributed by atoms with Gasteiger partial charge in [0.1, 0.15) is 0 Å². The fourth-order valence-electron chi connectivity index (χ4n) is 2.97. The van der Waals surface area contributed by atoms with Gasteiger partial charge in [-0.3, -0.25) is 5.43 Å². The van der Waals surface area contributed by atoms with E-state index in [1.165, 1.54) is 11.1 Å². The number of anilines is 1. The molecule has 1 atom stereocenters. The second-order valence-corrected chi connectivity index (χ2v) is 13.2. The lowest BCUT2D eigenvalue weighted by atomic mass is 10.1. The molecule has 3 N–H and O–H groups in total. The van der Waals surface area contributed by atoms with Crippen molar-refractivity contribution in [2.45, 2.75) is 51.7 Å². The average Bonchev–Trinajstić information content (AvgIpc) is 2.84. The van der Waals surface area contributed by atoms with Gasteiger partial charge in [0.2, 0.25) is 5.96 Å². The zero-order valence-electron chi connectivity index (χ0n) is 15.1. The molecule has 0 amide bonds. The van der Waals surface area contributed by atoms with Gasteiger partial charge in [-0.25, -0.2) is 4.99 Å². The first-order valence-corrected chi connectivity index (χ1v) is 11.4. The van der Waals surface area contributed by atoms with Crippen molar-refractivity contribution >= 4 is 25.7 Å². The van der Waals surface area contributed by atoms with Gasteiger partial charge < -0.3 is 20.5 Å². The summed E-state index contributed by atoms with van der Waals surface area (Å²) in [6.45, 7) is 12.1. The number of benzene rings is 1. The normalized spacial score (nSPS) is 20.3. The summed E-state index contributed by atoms with van der Waals surface area (Å²) in [6, 6.07) is 3.93. The van der Waals surface area contributed by atoms with Crippen LogP contribution >= 0.6 is 0 Å². The van der Waals surface area contributed by atoms with E-state index < -0.39 is 8.32 Å². The molecule has 1 aromatic rings. The van der Waals surface area contributed by atoms with Crippen LogP contribution in [0.3, 0.4) is 0 Å². The number of nitrogens with two attached hydrogens (primary N) is 1. The van der Waals surface area contributed by atoms with E-state index in [0.717, 1.165) is 19.4 Å². The molecule has 7 heteroatoms. The van der Waals surface area contributed by atoms with Gasteiger partial charge >= 0.3 is 0 Å². The minimum atomic E-state index is -1.73. The molecule has 0 aromatic heterocycles. The number of rotatable bonds is 3. The molecule has 1 heterocycles. The quantitative estimate of drug-likeness (QED) is 0.820. The number of nitrogens with zero attached hydrogens (tertiary/aromatic N) is 2. The number of fused-ring (bicyclic) bond motifs is 2. The molecule has 1 aliphatic carbocycles. The van der Waals surface area contributed by atoms with Crippen LogP contribution in [0.4, 0.5) is 11.4 Å². The Morgan fingerprint density at radius 3 is 2.58 bits per heavy atom. The van der Waals surface area contributed by atoms with Gasteiger partial charge in [0.25, 0.3) is 0 Å². The first-order valence-electron chi connectivity index (χ1n) is 8.45. The van der Waals surface area contributed by atoms with E-state index in [1.807, 2.05) is 12.1 Å². The first-order chi connectivity index (χ1) is 11.1. The fraction of sp³-hybridized carbons (Fsp3) is 0.588. The summed E-state index contributed by atoms with van der Waals surface area (Å²) in [5.74, 6) is 0.598. The van der Waals surface area contributed by atoms with Crippen molar-refractivity contribution < 1.29 is 4.43 Å². The Hall–Kier alpha value is -1.57. The van der Waals surface area contributed by atoms with E-state index in [1.54, 1.807) is 0 Å². The maximum Gasteiger partial charge on any atom is 0.212 e. The third-order valence-electron chi connectivity index (χ3n) is 5.48. The summed E-state index contributed by atoms with van der Waals surface area (Å²) in [7, 11) is -1.73. The SMILES string of the molecule is CC(C)(C)[Si](C)(C)OCC1Cc2cc3c(cc2C1)N([O-])NC(N)=N3. The number of aliphatic imine (C=N–C) groups is 1. The van der Waals surface area contributed by atoms with Gasteiger partial charge in [0.15, 0.2) is 8.32 Å². The van der Waals surface area contributed by atoms with Gasteiger partial charge in [-0.15, -0.1) is 0 Å².